The molecule has 0 radical (unpaired) electrons. The highest BCUT2D eigenvalue weighted by Crippen LogP contribution is 2.20. The van der Waals surface area contributed by atoms with Gasteiger partial charge in [0.25, 0.3) is 0 Å². The number of carboxylic acid groups (broad SMARTS) is 1. The number of aliphatic carboxylic acids is 1. The summed E-state index contributed by atoms with van der Waals surface area (Å²) in [5.41, 5.74) is 0.222. The first-order chi connectivity index (χ1) is 10.4. The highest BCUT2D eigenvalue weighted by atomic mass is 16.5. The van der Waals surface area contributed by atoms with E-state index >= 15 is 0 Å². The molecule has 1 aromatic rings. The number of nitrogens with one attached hydrogen (secondary N) is 1. The van der Waals surface area contributed by atoms with Gasteiger partial charge in [0.05, 0.1) is 31.0 Å². The average molecular weight is 308 g/mol. The van der Waals surface area contributed by atoms with Crippen molar-refractivity contribution in [3.8, 4) is 0 Å². The van der Waals surface area contributed by atoms with Crippen LogP contribution in [0.2, 0.25) is 0 Å². The summed E-state index contributed by atoms with van der Waals surface area (Å²) in [5, 5.41) is 12.0. The largest absolute Gasteiger partial charge is 0.480 e. The number of carbonyl (C=O) groups excluding carboxylic acids is 1. The minimum absolute atomic E-state index is 0.00877. The van der Waals surface area contributed by atoms with Gasteiger partial charge in [-0.2, -0.15) is 0 Å². The van der Waals surface area contributed by atoms with Crippen LogP contribution in [-0.4, -0.2) is 63.2 Å². The molecule has 8 nitrogen and oxygen atoms in total. The van der Waals surface area contributed by atoms with Gasteiger partial charge in [-0.25, -0.2) is 9.97 Å². The molecule has 1 atom stereocenters. The molecule has 1 saturated heterocycles. The van der Waals surface area contributed by atoms with Crippen LogP contribution in [0.3, 0.4) is 0 Å². The first-order valence-corrected chi connectivity index (χ1v) is 7.00. The van der Waals surface area contributed by atoms with Crippen LogP contribution < -0.4 is 5.32 Å². The Kier molecular flexibility index (Phi) is 5.04. The molecule has 1 unspecified atom stereocenters. The number of carboxylic acids is 1. The monoisotopic (exact) mass is 308 g/mol. The Hall–Kier alpha value is -2.06. The molecule has 0 aliphatic carbocycles. The van der Waals surface area contributed by atoms with Crippen molar-refractivity contribution in [1.82, 2.24) is 20.2 Å². The molecular weight excluding hydrogens is 288 g/mol. The van der Waals surface area contributed by atoms with Crippen LogP contribution in [0.5, 0.6) is 0 Å². The van der Waals surface area contributed by atoms with Crippen LogP contribution in [0, 0.1) is 0 Å². The van der Waals surface area contributed by atoms with Gasteiger partial charge in [0, 0.05) is 12.7 Å². The summed E-state index contributed by atoms with van der Waals surface area (Å²) in [4.78, 5) is 32.7. The molecule has 2 heterocycles. The number of rotatable bonds is 5. The van der Waals surface area contributed by atoms with Crippen molar-refractivity contribution in [2.24, 2.45) is 0 Å². The third kappa shape index (κ3) is 4.47. The number of amides is 1. The number of hydrogen-bond donors (Lipinski definition) is 2. The fraction of sp³-hybridized carbons (Fsp3) is 0.571. The van der Waals surface area contributed by atoms with Crippen LogP contribution in [0.1, 0.15) is 19.5 Å². The molecule has 120 valence electrons. The van der Waals surface area contributed by atoms with Crippen molar-refractivity contribution < 1.29 is 19.4 Å². The van der Waals surface area contributed by atoms with Gasteiger partial charge >= 0.3 is 5.97 Å². The Balaban J connectivity index is 1.91. The van der Waals surface area contributed by atoms with Crippen molar-refractivity contribution in [2.75, 3.05) is 19.7 Å². The van der Waals surface area contributed by atoms with E-state index < -0.39 is 17.6 Å². The lowest BCUT2D eigenvalue weighted by Gasteiger charge is -2.41. The molecule has 22 heavy (non-hydrogen) atoms. The van der Waals surface area contributed by atoms with E-state index in [0.717, 1.165) is 0 Å². The van der Waals surface area contributed by atoms with Crippen molar-refractivity contribution in [2.45, 2.75) is 32.0 Å². The van der Waals surface area contributed by atoms with Crippen LogP contribution in [0.15, 0.2) is 18.6 Å². The summed E-state index contributed by atoms with van der Waals surface area (Å²) in [6.45, 7) is 4.49. The Morgan fingerprint density at radius 2 is 2.32 bits per heavy atom. The second kappa shape index (κ2) is 6.80. The van der Waals surface area contributed by atoms with Crippen molar-refractivity contribution in [1.29, 1.82) is 0 Å². The normalized spacial score (nSPS) is 21.3. The maximum absolute atomic E-state index is 12.0. The highest BCUT2D eigenvalue weighted by Gasteiger charge is 2.38. The molecule has 1 amide bonds. The van der Waals surface area contributed by atoms with Crippen LogP contribution in [-0.2, 0) is 20.9 Å². The Bertz CT molecular complexity index is 535. The van der Waals surface area contributed by atoms with E-state index in [1.54, 1.807) is 17.2 Å². The van der Waals surface area contributed by atoms with E-state index in [0.29, 0.717) is 12.2 Å². The lowest BCUT2D eigenvalue weighted by molar-refractivity contribution is -0.163. The number of morpholine rings is 1. The third-order valence-corrected chi connectivity index (χ3v) is 3.40. The quantitative estimate of drug-likeness (QED) is 0.766. The minimum atomic E-state index is -0.987. The van der Waals surface area contributed by atoms with E-state index in [9.17, 15) is 14.7 Å². The number of aromatic nitrogens is 2. The second-order valence-corrected chi connectivity index (χ2v) is 5.81. The standard InChI is InChI=1S/C14H20N4O4/c1-14(2)8-18(11(7-22-14)13(20)21)6-12(19)16-5-10-3-4-15-9-17-10/h3-4,9,11H,5-8H2,1-2H3,(H,16,19)(H,20,21). The SMILES string of the molecule is CC1(C)CN(CC(=O)NCc2ccncn2)C(C(=O)O)CO1. The summed E-state index contributed by atoms with van der Waals surface area (Å²) < 4.78 is 5.51. The summed E-state index contributed by atoms with van der Waals surface area (Å²) in [6, 6.07) is 0.899. The Morgan fingerprint density at radius 3 is 2.95 bits per heavy atom. The molecule has 1 fully saturated rings. The lowest BCUT2D eigenvalue weighted by Crippen LogP contribution is -2.58. The third-order valence-electron chi connectivity index (χ3n) is 3.40. The maximum Gasteiger partial charge on any atom is 0.323 e. The molecule has 8 heteroatoms. The van der Waals surface area contributed by atoms with E-state index in [-0.39, 0.29) is 25.6 Å². The Morgan fingerprint density at radius 1 is 1.55 bits per heavy atom. The molecule has 0 saturated carbocycles. The number of ether oxygens (including phenoxy) is 1. The smallest absolute Gasteiger partial charge is 0.323 e. The van der Waals surface area contributed by atoms with Gasteiger partial charge in [0.1, 0.15) is 12.4 Å². The first-order valence-electron chi connectivity index (χ1n) is 7.00. The van der Waals surface area contributed by atoms with Gasteiger partial charge in [-0.3, -0.25) is 14.5 Å². The number of carbonyl (C=O) groups is 2. The molecule has 0 spiro atoms. The molecule has 1 aliphatic rings. The molecule has 0 aromatic carbocycles. The summed E-state index contributed by atoms with van der Waals surface area (Å²) in [5.74, 6) is -1.23. The fourth-order valence-electron chi connectivity index (χ4n) is 2.30. The van der Waals surface area contributed by atoms with Crippen molar-refractivity contribution >= 4 is 11.9 Å². The molecule has 1 aliphatic heterocycles. The average Bonchev–Trinajstić information content (AvgIpc) is 2.45. The van der Waals surface area contributed by atoms with Gasteiger partial charge in [-0.1, -0.05) is 0 Å². The number of hydrogen-bond acceptors (Lipinski definition) is 6. The molecule has 2 rings (SSSR count). The van der Waals surface area contributed by atoms with E-state index in [1.807, 2.05) is 13.8 Å². The summed E-state index contributed by atoms with van der Waals surface area (Å²) in [6.07, 6.45) is 3.01. The van der Waals surface area contributed by atoms with Gasteiger partial charge < -0.3 is 15.2 Å². The van der Waals surface area contributed by atoms with Crippen molar-refractivity contribution in [3.05, 3.63) is 24.3 Å². The van der Waals surface area contributed by atoms with Gasteiger partial charge in [0.15, 0.2) is 0 Å². The van der Waals surface area contributed by atoms with Gasteiger partial charge in [0.2, 0.25) is 5.91 Å². The molecule has 1 aromatic heterocycles. The van der Waals surface area contributed by atoms with Crippen LogP contribution in [0.25, 0.3) is 0 Å². The highest BCUT2D eigenvalue weighted by molar-refractivity contribution is 5.80. The zero-order valence-corrected chi connectivity index (χ0v) is 12.7. The molecule has 0 bridgehead atoms. The van der Waals surface area contributed by atoms with E-state index in [4.69, 9.17) is 4.74 Å². The van der Waals surface area contributed by atoms with Crippen LogP contribution in [0.4, 0.5) is 0 Å². The predicted octanol–water partition coefficient (Wildman–Crippen LogP) is -0.343. The second-order valence-electron chi connectivity index (χ2n) is 5.81. The number of nitrogens with zero attached hydrogens (tertiary/aromatic N) is 3. The summed E-state index contributed by atoms with van der Waals surface area (Å²) in [7, 11) is 0. The zero-order valence-electron chi connectivity index (χ0n) is 12.7. The van der Waals surface area contributed by atoms with Crippen LogP contribution >= 0.6 is 0 Å². The summed E-state index contributed by atoms with van der Waals surface area (Å²) >= 11 is 0. The van der Waals surface area contributed by atoms with E-state index in [2.05, 4.69) is 15.3 Å². The molecule has 2 N–H and O–H groups in total. The predicted molar refractivity (Wildman–Crippen MR) is 76.9 cm³/mol. The lowest BCUT2D eigenvalue weighted by atomic mass is 10.0. The van der Waals surface area contributed by atoms with Gasteiger partial charge in [-0.15, -0.1) is 0 Å². The first kappa shape index (κ1) is 16.3. The van der Waals surface area contributed by atoms with E-state index in [1.165, 1.54) is 6.33 Å². The topological polar surface area (TPSA) is 105 Å². The van der Waals surface area contributed by atoms with Gasteiger partial charge in [-0.05, 0) is 19.9 Å². The fourth-order valence-corrected chi connectivity index (χ4v) is 2.30. The zero-order chi connectivity index (χ0) is 16.2. The maximum atomic E-state index is 12.0. The van der Waals surface area contributed by atoms with Crippen molar-refractivity contribution in [3.63, 3.8) is 0 Å². The molecular formula is C14H20N4O4. The Labute approximate surface area is 128 Å². The minimum Gasteiger partial charge on any atom is -0.480 e.